The summed E-state index contributed by atoms with van der Waals surface area (Å²) in [5, 5.41) is 9.83. The number of hydrogen-bond acceptors (Lipinski definition) is 4. The molecule has 0 rings (SSSR count). The summed E-state index contributed by atoms with van der Waals surface area (Å²) in [5.74, 6) is 0.423. The predicted octanol–water partition coefficient (Wildman–Crippen LogP) is 2.27. The fraction of sp³-hybridized carbons (Fsp3) is 1.00. The Balaban J connectivity index is 3.96. The van der Waals surface area contributed by atoms with E-state index in [-0.39, 0.29) is 0 Å². The molecule has 1 unspecified atom stereocenters. The molecule has 0 amide bonds. The third-order valence-electron chi connectivity index (χ3n) is 2.29. The number of aliphatic hydroxyl groups excluding tert-OH is 1. The maximum absolute atomic E-state index is 11.0. The minimum Gasteiger partial charge on any atom is -0.392 e. The molecule has 0 aromatic carbocycles. The van der Waals surface area contributed by atoms with Crippen LogP contribution >= 0.6 is 10.3 Å². The SMILES string of the molecule is CCCCCCC(O)CS(C)(C)OS(C)(=O)=O. The Bertz CT molecular complexity index is 299. The molecule has 0 fully saturated rings. The minimum absolute atomic E-state index is 0.423. The maximum atomic E-state index is 11.0. The zero-order valence-electron chi connectivity index (χ0n) is 11.3. The first-order chi connectivity index (χ1) is 7.66. The van der Waals surface area contributed by atoms with Crippen LogP contribution in [0.25, 0.3) is 0 Å². The maximum Gasteiger partial charge on any atom is 0.273 e. The lowest BCUT2D eigenvalue weighted by molar-refractivity contribution is 0.183. The van der Waals surface area contributed by atoms with Crippen molar-refractivity contribution in [1.29, 1.82) is 0 Å². The number of rotatable bonds is 9. The molecule has 4 nitrogen and oxygen atoms in total. The normalized spacial score (nSPS) is 15.8. The molecule has 17 heavy (non-hydrogen) atoms. The second-order valence-corrected chi connectivity index (χ2v) is 10.0. The van der Waals surface area contributed by atoms with Gasteiger partial charge in [0.1, 0.15) is 0 Å². The molecule has 0 bridgehead atoms. The van der Waals surface area contributed by atoms with Gasteiger partial charge < -0.3 is 5.11 Å². The van der Waals surface area contributed by atoms with Gasteiger partial charge in [-0.1, -0.05) is 32.6 Å². The Kier molecular flexibility index (Phi) is 7.71. The van der Waals surface area contributed by atoms with Gasteiger partial charge in [0.15, 0.2) is 0 Å². The number of aliphatic hydroxyl groups is 1. The van der Waals surface area contributed by atoms with E-state index in [0.717, 1.165) is 25.5 Å². The first-order valence-electron chi connectivity index (χ1n) is 5.96. The first kappa shape index (κ1) is 17.2. The van der Waals surface area contributed by atoms with E-state index in [1.165, 1.54) is 12.8 Å². The van der Waals surface area contributed by atoms with Gasteiger partial charge >= 0.3 is 0 Å². The highest BCUT2D eigenvalue weighted by Gasteiger charge is 2.22. The molecule has 0 aromatic rings. The van der Waals surface area contributed by atoms with E-state index >= 15 is 0 Å². The Morgan fingerprint density at radius 2 is 1.71 bits per heavy atom. The van der Waals surface area contributed by atoms with Crippen LogP contribution in [0.2, 0.25) is 0 Å². The summed E-state index contributed by atoms with van der Waals surface area (Å²) in [6, 6.07) is 0. The molecule has 0 saturated heterocycles. The van der Waals surface area contributed by atoms with E-state index < -0.39 is 26.5 Å². The highest BCUT2D eigenvalue weighted by molar-refractivity contribution is 8.32. The van der Waals surface area contributed by atoms with Crippen LogP contribution < -0.4 is 0 Å². The lowest BCUT2D eigenvalue weighted by atomic mass is 10.1. The summed E-state index contributed by atoms with van der Waals surface area (Å²) < 4.78 is 27.1. The van der Waals surface area contributed by atoms with E-state index in [1.807, 2.05) is 0 Å². The van der Waals surface area contributed by atoms with Crippen molar-refractivity contribution < 1.29 is 17.2 Å². The fourth-order valence-corrected chi connectivity index (χ4v) is 5.71. The largest absolute Gasteiger partial charge is 0.392 e. The van der Waals surface area contributed by atoms with Crippen LogP contribution in [0.4, 0.5) is 0 Å². The number of unbranched alkanes of at least 4 members (excludes halogenated alkanes) is 3. The van der Waals surface area contributed by atoms with Gasteiger partial charge in [-0.15, -0.1) is 10.3 Å². The smallest absolute Gasteiger partial charge is 0.273 e. The first-order valence-corrected chi connectivity index (χ1v) is 10.3. The van der Waals surface area contributed by atoms with Gasteiger partial charge in [-0.2, -0.15) is 8.42 Å². The van der Waals surface area contributed by atoms with E-state index in [2.05, 4.69) is 6.92 Å². The highest BCUT2D eigenvalue weighted by atomic mass is 32.3. The van der Waals surface area contributed by atoms with Crippen LogP contribution in [-0.2, 0) is 13.7 Å². The van der Waals surface area contributed by atoms with E-state index in [1.54, 1.807) is 12.5 Å². The van der Waals surface area contributed by atoms with Crippen molar-refractivity contribution in [2.75, 3.05) is 24.5 Å². The van der Waals surface area contributed by atoms with Crippen molar-refractivity contribution in [3.8, 4) is 0 Å². The van der Waals surface area contributed by atoms with Gasteiger partial charge in [0.25, 0.3) is 10.1 Å². The van der Waals surface area contributed by atoms with E-state index in [9.17, 15) is 13.5 Å². The van der Waals surface area contributed by atoms with Crippen LogP contribution in [-0.4, -0.2) is 44.1 Å². The van der Waals surface area contributed by atoms with Gasteiger partial charge in [-0.3, -0.25) is 0 Å². The molecule has 0 spiro atoms. The van der Waals surface area contributed by atoms with Crippen LogP contribution in [0.1, 0.15) is 39.0 Å². The molecule has 6 heteroatoms. The molecule has 0 radical (unpaired) electrons. The average Bonchev–Trinajstić information content (AvgIpc) is 2.07. The summed E-state index contributed by atoms with van der Waals surface area (Å²) in [4.78, 5) is 0. The quantitative estimate of drug-likeness (QED) is 0.660. The summed E-state index contributed by atoms with van der Waals surface area (Å²) >= 11 is 0. The average molecular weight is 286 g/mol. The van der Waals surface area contributed by atoms with E-state index in [0.29, 0.717) is 5.75 Å². The van der Waals surface area contributed by atoms with Gasteiger partial charge in [0, 0.05) is 5.75 Å². The van der Waals surface area contributed by atoms with Gasteiger partial charge in [-0.25, -0.2) is 3.63 Å². The monoisotopic (exact) mass is 286 g/mol. The molecule has 0 aliphatic carbocycles. The topological polar surface area (TPSA) is 63.6 Å². The van der Waals surface area contributed by atoms with Crippen molar-refractivity contribution >= 4 is 20.4 Å². The summed E-state index contributed by atoms with van der Waals surface area (Å²) in [6.07, 6.45) is 9.32. The Morgan fingerprint density at radius 1 is 1.12 bits per heavy atom. The second kappa shape index (κ2) is 7.61. The molecule has 0 saturated carbocycles. The van der Waals surface area contributed by atoms with Crippen LogP contribution in [0.5, 0.6) is 0 Å². The van der Waals surface area contributed by atoms with Crippen molar-refractivity contribution in [1.82, 2.24) is 0 Å². The summed E-state index contributed by atoms with van der Waals surface area (Å²) in [7, 11) is -5.15. The molecule has 0 heterocycles. The molecule has 1 N–H and O–H groups in total. The molecule has 0 aromatic heterocycles. The summed E-state index contributed by atoms with van der Waals surface area (Å²) in [5.41, 5.74) is 0. The third-order valence-corrected chi connectivity index (χ3v) is 5.94. The van der Waals surface area contributed by atoms with E-state index in [4.69, 9.17) is 3.63 Å². The van der Waals surface area contributed by atoms with Crippen LogP contribution in [0.15, 0.2) is 0 Å². The molecule has 1 atom stereocenters. The van der Waals surface area contributed by atoms with Crippen LogP contribution in [0.3, 0.4) is 0 Å². The fourth-order valence-electron chi connectivity index (χ4n) is 1.72. The van der Waals surface area contributed by atoms with Crippen LogP contribution in [0, 0.1) is 0 Å². The highest BCUT2D eigenvalue weighted by Crippen LogP contribution is 2.43. The Labute approximate surface area is 107 Å². The Hall–Kier alpha value is 0.220. The van der Waals surface area contributed by atoms with Gasteiger partial charge in [0.2, 0.25) is 0 Å². The van der Waals surface area contributed by atoms with Gasteiger partial charge in [0.05, 0.1) is 12.4 Å². The second-order valence-electron chi connectivity index (χ2n) is 4.88. The Morgan fingerprint density at radius 3 is 2.18 bits per heavy atom. The predicted molar refractivity (Wildman–Crippen MR) is 75.0 cm³/mol. The summed E-state index contributed by atoms with van der Waals surface area (Å²) in [6.45, 7) is 2.14. The standard InChI is InChI=1S/C11H26O4S2/c1-5-6-7-8-9-11(12)10-16(2,3)15-17(4,13)14/h11-12H,5-10H2,1-4H3. The minimum atomic E-state index is -3.43. The lowest BCUT2D eigenvalue weighted by Crippen LogP contribution is -2.21. The van der Waals surface area contributed by atoms with Crippen molar-refractivity contribution in [2.45, 2.75) is 45.1 Å². The van der Waals surface area contributed by atoms with Crippen molar-refractivity contribution in [3.63, 3.8) is 0 Å². The molecular weight excluding hydrogens is 260 g/mol. The zero-order valence-corrected chi connectivity index (χ0v) is 12.9. The van der Waals surface area contributed by atoms with Gasteiger partial charge in [-0.05, 0) is 18.9 Å². The molecule has 106 valence electrons. The molecule has 0 aliphatic heterocycles. The lowest BCUT2D eigenvalue weighted by Gasteiger charge is -2.31. The van der Waals surface area contributed by atoms with Crippen molar-refractivity contribution in [3.05, 3.63) is 0 Å². The third kappa shape index (κ3) is 11.1. The zero-order chi connectivity index (χ0) is 13.5. The molecule has 0 aliphatic rings. The number of hydrogen-bond donors (Lipinski definition) is 1. The van der Waals surface area contributed by atoms with Crippen molar-refractivity contribution in [2.24, 2.45) is 0 Å². The molecular formula is C11H26O4S2.